The van der Waals surface area contributed by atoms with Gasteiger partial charge in [-0.15, -0.1) is 0 Å². The molecule has 0 atom stereocenters. The van der Waals surface area contributed by atoms with Crippen LogP contribution in [0.15, 0.2) is 36.4 Å². The number of phenols is 1. The van der Waals surface area contributed by atoms with E-state index < -0.39 is 0 Å². The van der Waals surface area contributed by atoms with Crippen molar-refractivity contribution in [2.75, 3.05) is 21.3 Å². The van der Waals surface area contributed by atoms with E-state index in [4.69, 9.17) is 19.3 Å². The smallest absolute Gasteiger partial charge is 0.203 e. The van der Waals surface area contributed by atoms with Crippen molar-refractivity contribution in [3.05, 3.63) is 47.7 Å². The van der Waals surface area contributed by atoms with Gasteiger partial charge >= 0.3 is 0 Å². The van der Waals surface area contributed by atoms with Crippen LogP contribution in [0.1, 0.15) is 24.1 Å². The summed E-state index contributed by atoms with van der Waals surface area (Å²) in [5.74, 6) is 1.97. The lowest BCUT2D eigenvalue weighted by molar-refractivity contribution is 0.324. The van der Waals surface area contributed by atoms with Crippen molar-refractivity contribution >= 4 is 0 Å². The molecule has 0 saturated heterocycles. The molecule has 3 aromatic rings. The Labute approximate surface area is 164 Å². The highest BCUT2D eigenvalue weighted by atomic mass is 16.5. The molecule has 4 rings (SSSR count). The fourth-order valence-electron chi connectivity index (χ4n) is 3.88. The van der Waals surface area contributed by atoms with Crippen molar-refractivity contribution in [3.63, 3.8) is 0 Å². The minimum absolute atomic E-state index is 0.210. The summed E-state index contributed by atoms with van der Waals surface area (Å²) in [6.45, 7) is 0. The second kappa shape index (κ2) is 7.46. The summed E-state index contributed by atoms with van der Waals surface area (Å²) in [7, 11) is 4.82. The topological polar surface area (TPSA) is 65.7 Å². The van der Waals surface area contributed by atoms with Crippen molar-refractivity contribution in [2.24, 2.45) is 0 Å². The van der Waals surface area contributed by atoms with Crippen LogP contribution in [-0.2, 0) is 12.8 Å². The molecule has 0 amide bonds. The van der Waals surface area contributed by atoms with Crippen LogP contribution in [0.5, 0.6) is 23.0 Å². The summed E-state index contributed by atoms with van der Waals surface area (Å²) in [5.41, 5.74) is 5.11. The number of hydrogen-bond donors (Lipinski definition) is 1. The third-order valence-corrected chi connectivity index (χ3v) is 5.17. The highest BCUT2D eigenvalue weighted by Crippen LogP contribution is 2.43. The maximum Gasteiger partial charge on any atom is 0.203 e. The third-order valence-electron chi connectivity index (χ3n) is 5.17. The number of phenolic OH excluding ortho intramolecular Hbond substituents is 1. The number of methoxy groups -OCH3 is 3. The molecule has 6 nitrogen and oxygen atoms in total. The molecular formula is C22H24N2O4. The van der Waals surface area contributed by atoms with E-state index in [1.807, 2.05) is 28.9 Å². The van der Waals surface area contributed by atoms with E-state index in [0.717, 1.165) is 48.3 Å². The SMILES string of the molecule is COc1cc(-c2c3c(nn2-c2cccc(O)c2)CCCC3)cc(OC)c1OC. The molecule has 0 unspecified atom stereocenters. The Bertz CT molecular complexity index is 985. The first-order valence-electron chi connectivity index (χ1n) is 9.36. The summed E-state index contributed by atoms with van der Waals surface area (Å²) >= 11 is 0. The van der Waals surface area contributed by atoms with Gasteiger partial charge in [-0.3, -0.25) is 0 Å². The average Bonchev–Trinajstić information content (AvgIpc) is 3.12. The number of hydrogen-bond acceptors (Lipinski definition) is 5. The van der Waals surface area contributed by atoms with Crippen LogP contribution in [0.3, 0.4) is 0 Å². The molecule has 1 N–H and O–H groups in total. The molecule has 0 saturated carbocycles. The number of nitrogens with zero attached hydrogens (tertiary/aromatic N) is 2. The highest BCUT2D eigenvalue weighted by molar-refractivity contribution is 5.73. The van der Waals surface area contributed by atoms with Crippen LogP contribution in [0.25, 0.3) is 16.9 Å². The van der Waals surface area contributed by atoms with Crippen LogP contribution in [0, 0.1) is 0 Å². The van der Waals surface area contributed by atoms with Gasteiger partial charge in [-0.1, -0.05) is 6.07 Å². The second-order valence-electron chi connectivity index (χ2n) is 6.83. The van der Waals surface area contributed by atoms with Gasteiger partial charge in [0.2, 0.25) is 5.75 Å². The first kappa shape index (κ1) is 18.2. The normalized spacial score (nSPS) is 13.1. The molecule has 1 heterocycles. The quantitative estimate of drug-likeness (QED) is 0.720. The van der Waals surface area contributed by atoms with Crippen molar-refractivity contribution in [3.8, 4) is 39.9 Å². The summed E-state index contributed by atoms with van der Waals surface area (Å²) < 4.78 is 18.5. The molecule has 1 aromatic heterocycles. The van der Waals surface area contributed by atoms with Crippen molar-refractivity contribution in [2.45, 2.75) is 25.7 Å². The van der Waals surface area contributed by atoms with Gasteiger partial charge in [0.05, 0.1) is 38.4 Å². The van der Waals surface area contributed by atoms with Gasteiger partial charge < -0.3 is 19.3 Å². The molecule has 2 aromatic carbocycles. The van der Waals surface area contributed by atoms with Crippen LogP contribution in [-0.4, -0.2) is 36.2 Å². The van der Waals surface area contributed by atoms with Crippen LogP contribution in [0.2, 0.25) is 0 Å². The van der Waals surface area contributed by atoms with Crippen LogP contribution in [0.4, 0.5) is 0 Å². The zero-order chi connectivity index (χ0) is 19.7. The van der Waals surface area contributed by atoms with Gasteiger partial charge in [0.1, 0.15) is 5.75 Å². The lowest BCUT2D eigenvalue weighted by Gasteiger charge is -2.17. The van der Waals surface area contributed by atoms with E-state index in [-0.39, 0.29) is 5.75 Å². The zero-order valence-electron chi connectivity index (χ0n) is 16.4. The van der Waals surface area contributed by atoms with E-state index in [1.165, 1.54) is 5.56 Å². The van der Waals surface area contributed by atoms with E-state index in [1.54, 1.807) is 33.5 Å². The van der Waals surface area contributed by atoms with Crippen molar-refractivity contribution in [1.29, 1.82) is 0 Å². The molecule has 146 valence electrons. The van der Waals surface area contributed by atoms with Gasteiger partial charge in [-0.05, 0) is 49.9 Å². The summed E-state index contributed by atoms with van der Waals surface area (Å²) in [4.78, 5) is 0. The largest absolute Gasteiger partial charge is 0.508 e. The lowest BCUT2D eigenvalue weighted by Crippen LogP contribution is -2.02. The summed E-state index contributed by atoms with van der Waals surface area (Å²) in [6.07, 6.45) is 4.20. The van der Waals surface area contributed by atoms with Gasteiger partial charge in [0, 0.05) is 17.2 Å². The van der Waals surface area contributed by atoms with E-state index in [9.17, 15) is 5.11 Å². The molecule has 28 heavy (non-hydrogen) atoms. The third kappa shape index (κ3) is 3.05. The van der Waals surface area contributed by atoms with Crippen LogP contribution < -0.4 is 14.2 Å². The molecule has 0 bridgehead atoms. The highest BCUT2D eigenvalue weighted by Gasteiger charge is 2.25. The van der Waals surface area contributed by atoms with Gasteiger partial charge in [0.15, 0.2) is 11.5 Å². The molecule has 0 fully saturated rings. The Morgan fingerprint density at radius 2 is 1.64 bits per heavy atom. The first-order chi connectivity index (χ1) is 13.7. The minimum atomic E-state index is 0.210. The Morgan fingerprint density at radius 1 is 0.929 bits per heavy atom. The number of aromatic nitrogens is 2. The molecule has 0 radical (unpaired) electrons. The van der Waals surface area contributed by atoms with Crippen LogP contribution >= 0.6 is 0 Å². The Balaban J connectivity index is 1.98. The lowest BCUT2D eigenvalue weighted by atomic mass is 9.93. The Hall–Kier alpha value is -3.15. The molecule has 1 aliphatic rings. The molecular weight excluding hydrogens is 356 g/mol. The van der Waals surface area contributed by atoms with E-state index in [2.05, 4.69) is 0 Å². The fourth-order valence-corrected chi connectivity index (χ4v) is 3.88. The van der Waals surface area contributed by atoms with Gasteiger partial charge in [-0.2, -0.15) is 5.10 Å². The summed E-state index contributed by atoms with van der Waals surface area (Å²) in [5, 5.41) is 14.9. The number of rotatable bonds is 5. The standard InChI is InChI=1S/C22H24N2O4/c1-26-19-11-14(12-20(27-2)22(19)28-3)21-17-9-4-5-10-18(17)23-24(21)15-7-6-8-16(25)13-15/h6-8,11-13,25H,4-5,9-10H2,1-3H3. The number of aromatic hydroxyl groups is 1. The molecule has 1 aliphatic carbocycles. The second-order valence-corrected chi connectivity index (χ2v) is 6.83. The number of fused-ring (bicyclic) bond motifs is 1. The minimum Gasteiger partial charge on any atom is -0.508 e. The maximum absolute atomic E-state index is 9.97. The Morgan fingerprint density at radius 3 is 2.29 bits per heavy atom. The number of benzene rings is 2. The Kier molecular flexibility index (Phi) is 4.86. The average molecular weight is 380 g/mol. The molecule has 0 spiro atoms. The monoisotopic (exact) mass is 380 g/mol. The summed E-state index contributed by atoms with van der Waals surface area (Å²) in [6, 6.07) is 11.1. The fraction of sp³-hybridized carbons (Fsp3) is 0.318. The zero-order valence-corrected chi connectivity index (χ0v) is 16.4. The maximum atomic E-state index is 9.97. The predicted molar refractivity (Wildman–Crippen MR) is 107 cm³/mol. The van der Waals surface area contributed by atoms with Gasteiger partial charge in [0.25, 0.3) is 0 Å². The van der Waals surface area contributed by atoms with E-state index in [0.29, 0.717) is 17.2 Å². The first-order valence-corrected chi connectivity index (χ1v) is 9.36. The molecule has 0 aliphatic heterocycles. The van der Waals surface area contributed by atoms with Crippen molar-refractivity contribution in [1.82, 2.24) is 9.78 Å². The van der Waals surface area contributed by atoms with Crippen molar-refractivity contribution < 1.29 is 19.3 Å². The molecule has 6 heteroatoms. The van der Waals surface area contributed by atoms with E-state index >= 15 is 0 Å². The van der Waals surface area contributed by atoms with Gasteiger partial charge in [-0.25, -0.2) is 4.68 Å². The predicted octanol–water partition coefficient (Wildman–Crippen LogP) is 4.15. The number of aryl methyl sites for hydroxylation is 1. The number of ether oxygens (including phenoxy) is 3.